The molecule has 128 valence electrons. The summed E-state index contributed by atoms with van der Waals surface area (Å²) in [5.74, 6) is 1.78. The summed E-state index contributed by atoms with van der Waals surface area (Å²) in [7, 11) is 0. The molecule has 1 amide bonds. The maximum Gasteiger partial charge on any atom is 0.234 e. The molecule has 2 atom stereocenters. The predicted molar refractivity (Wildman–Crippen MR) is 95.8 cm³/mol. The minimum atomic E-state index is 0. The summed E-state index contributed by atoms with van der Waals surface area (Å²) in [6, 6.07) is 10.6. The number of likely N-dealkylation sites (tertiary alicyclic amines) is 1. The number of rotatable bonds is 6. The van der Waals surface area contributed by atoms with E-state index in [0.717, 1.165) is 25.6 Å². The Morgan fingerprint density at radius 3 is 2.57 bits per heavy atom. The van der Waals surface area contributed by atoms with Crippen molar-refractivity contribution >= 4 is 18.3 Å². The summed E-state index contributed by atoms with van der Waals surface area (Å²) in [6.07, 6.45) is 3.87. The molecule has 1 aromatic carbocycles. The maximum atomic E-state index is 12.1. The van der Waals surface area contributed by atoms with Crippen LogP contribution >= 0.6 is 12.4 Å². The fourth-order valence-corrected chi connectivity index (χ4v) is 3.62. The van der Waals surface area contributed by atoms with Gasteiger partial charge >= 0.3 is 0 Å². The monoisotopic (exact) mass is 337 g/mol. The zero-order valence-corrected chi connectivity index (χ0v) is 14.4. The van der Waals surface area contributed by atoms with Crippen LogP contribution in [0.3, 0.4) is 0 Å². The van der Waals surface area contributed by atoms with Crippen LogP contribution < -0.4 is 11.1 Å². The van der Waals surface area contributed by atoms with E-state index in [1.807, 2.05) is 6.07 Å². The minimum Gasteiger partial charge on any atom is -0.355 e. The van der Waals surface area contributed by atoms with Crippen LogP contribution in [0.4, 0.5) is 0 Å². The third-order valence-electron chi connectivity index (χ3n) is 5.23. The van der Waals surface area contributed by atoms with Gasteiger partial charge in [-0.25, -0.2) is 0 Å². The number of hydrogen-bond donors (Lipinski definition) is 2. The van der Waals surface area contributed by atoms with Crippen LogP contribution in [0.15, 0.2) is 30.3 Å². The average Bonchev–Trinajstić information content (AvgIpc) is 2.89. The maximum absolute atomic E-state index is 12.1. The van der Waals surface area contributed by atoms with Gasteiger partial charge in [0.05, 0.1) is 6.54 Å². The number of carbonyl (C=O) groups excluding carboxylic acids is 1. The molecule has 1 aliphatic carbocycles. The summed E-state index contributed by atoms with van der Waals surface area (Å²) < 4.78 is 0. The molecule has 1 saturated carbocycles. The van der Waals surface area contributed by atoms with Gasteiger partial charge in [-0.05, 0) is 36.8 Å². The normalized spacial score (nSPS) is 24.7. The van der Waals surface area contributed by atoms with Crippen molar-refractivity contribution in [1.82, 2.24) is 10.2 Å². The first-order valence-corrected chi connectivity index (χ1v) is 8.50. The van der Waals surface area contributed by atoms with Crippen LogP contribution in [-0.2, 0) is 4.79 Å². The zero-order chi connectivity index (χ0) is 15.4. The van der Waals surface area contributed by atoms with E-state index in [1.165, 1.54) is 24.8 Å². The molecule has 0 aromatic heterocycles. The predicted octanol–water partition coefficient (Wildman–Crippen LogP) is 2.00. The number of hydrogen-bond acceptors (Lipinski definition) is 3. The lowest BCUT2D eigenvalue weighted by atomic mass is 9.85. The van der Waals surface area contributed by atoms with E-state index in [9.17, 15) is 4.79 Å². The molecule has 23 heavy (non-hydrogen) atoms. The van der Waals surface area contributed by atoms with Crippen LogP contribution in [0.1, 0.15) is 30.7 Å². The van der Waals surface area contributed by atoms with E-state index in [1.54, 1.807) is 0 Å². The van der Waals surface area contributed by atoms with Crippen molar-refractivity contribution in [3.63, 3.8) is 0 Å². The molecule has 0 spiro atoms. The van der Waals surface area contributed by atoms with Crippen molar-refractivity contribution in [2.24, 2.45) is 17.6 Å². The Kier molecular flexibility index (Phi) is 6.88. The van der Waals surface area contributed by atoms with Crippen LogP contribution in [0.25, 0.3) is 0 Å². The lowest BCUT2D eigenvalue weighted by Gasteiger charge is -2.26. The Bertz CT molecular complexity index is 492. The molecule has 5 heteroatoms. The summed E-state index contributed by atoms with van der Waals surface area (Å²) in [5.41, 5.74) is 7.29. The highest BCUT2D eigenvalue weighted by Crippen LogP contribution is 2.31. The highest BCUT2D eigenvalue weighted by molar-refractivity contribution is 5.85. The van der Waals surface area contributed by atoms with E-state index in [-0.39, 0.29) is 18.3 Å². The standard InChI is InChI=1S/C18H27N3O.ClH/c19-9-16-11-21(12-17(16)15-7-2-1-3-8-15)13-18(22)20-10-14-5-4-6-14;/h1-3,7-8,14,16-17H,4-6,9-13,19H2,(H,20,22);1H/t16-,17+;/m1./s1. The Morgan fingerprint density at radius 2 is 1.96 bits per heavy atom. The largest absolute Gasteiger partial charge is 0.355 e. The van der Waals surface area contributed by atoms with Gasteiger partial charge in [0.2, 0.25) is 5.91 Å². The van der Waals surface area contributed by atoms with Crippen molar-refractivity contribution in [3.8, 4) is 0 Å². The smallest absolute Gasteiger partial charge is 0.234 e. The molecule has 4 nitrogen and oxygen atoms in total. The molecule has 0 unspecified atom stereocenters. The first-order valence-electron chi connectivity index (χ1n) is 8.50. The van der Waals surface area contributed by atoms with E-state index in [4.69, 9.17) is 5.73 Å². The Balaban J connectivity index is 0.00000192. The zero-order valence-electron chi connectivity index (χ0n) is 13.6. The lowest BCUT2D eigenvalue weighted by molar-refractivity contribution is -0.122. The van der Waals surface area contributed by atoms with Gasteiger partial charge in [-0.2, -0.15) is 0 Å². The van der Waals surface area contributed by atoms with E-state index in [2.05, 4.69) is 34.5 Å². The van der Waals surface area contributed by atoms with Crippen molar-refractivity contribution in [2.75, 3.05) is 32.7 Å². The molecule has 1 aliphatic heterocycles. The Hall–Kier alpha value is -1.10. The molecule has 0 radical (unpaired) electrons. The summed E-state index contributed by atoms with van der Waals surface area (Å²) in [6.45, 7) is 3.90. The van der Waals surface area contributed by atoms with Crippen LogP contribution in [0.2, 0.25) is 0 Å². The topological polar surface area (TPSA) is 58.4 Å². The van der Waals surface area contributed by atoms with Gasteiger partial charge in [-0.3, -0.25) is 9.69 Å². The average molecular weight is 338 g/mol. The highest BCUT2D eigenvalue weighted by atomic mass is 35.5. The molecule has 3 rings (SSSR count). The summed E-state index contributed by atoms with van der Waals surface area (Å²) >= 11 is 0. The van der Waals surface area contributed by atoms with Gasteiger partial charge in [-0.1, -0.05) is 36.8 Å². The number of nitrogens with two attached hydrogens (primary N) is 1. The fraction of sp³-hybridized carbons (Fsp3) is 0.611. The first-order chi connectivity index (χ1) is 10.8. The number of nitrogens with one attached hydrogen (secondary N) is 1. The van der Waals surface area contributed by atoms with E-state index < -0.39 is 0 Å². The van der Waals surface area contributed by atoms with Crippen LogP contribution in [-0.4, -0.2) is 43.5 Å². The third kappa shape index (κ3) is 4.69. The number of amides is 1. The SMILES string of the molecule is Cl.NC[C@@H]1CN(CC(=O)NCC2CCC2)C[C@H]1c1ccccc1. The summed E-state index contributed by atoms with van der Waals surface area (Å²) in [4.78, 5) is 14.4. The number of nitrogens with zero attached hydrogens (tertiary/aromatic N) is 1. The van der Waals surface area contributed by atoms with Crippen molar-refractivity contribution in [1.29, 1.82) is 0 Å². The molecule has 0 bridgehead atoms. The first kappa shape index (κ1) is 18.2. The second-order valence-corrected chi connectivity index (χ2v) is 6.81. The highest BCUT2D eigenvalue weighted by Gasteiger charge is 2.33. The van der Waals surface area contributed by atoms with Crippen molar-refractivity contribution < 1.29 is 4.79 Å². The molecular formula is C18H28ClN3O. The number of benzene rings is 1. The van der Waals surface area contributed by atoms with Gasteiger partial charge < -0.3 is 11.1 Å². The van der Waals surface area contributed by atoms with E-state index in [0.29, 0.717) is 24.9 Å². The molecule has 2 aliphatic rings. The number of carbonyl (C=O) groups is 1. The third-order valence-corrected chi connectivity index (χ3v) is 5.23. The van der Waals surface area contributed by atoms with Gasteiger partial charge in [0, 0.05) is 25.6 Å². The van der Waals surface area contributed by atoms with Gasteiger partial charge in [0.15, 0.2) is 0 Å². The summed E-state index contributed by atoms with van der Waals surface area (Å²) in [5, 5.41) is 3.09. The molecule has 2 fully saturated rings. The molecule has 1 heterocycles. The van der Waals surface area contributed by atoms with Gasteiger partial charge in [0.25, 0.3) is 0 Å². The molecular weight excluding hydrogens is 310 g/mol. The van der Waals surface area contributed by atoms with Crippen LogP contribution in [0.5, 0.6) is 0 Å². The second kappa shape index (κ2) is 8.67. The lowest BCUT2D eigenvalue weighted by Crippen LogP contribution is -2.39. The van der Waals surface area contributed by atoms with Crippen molar-refractivity contribution in [2.45, 2.75) is 25.2 Å². The van der Waals surface area contributed by atoms with Gasteiger partial charge in [-0.15, -0.1) is 12.4 Å². The Labute approximate surface area is 145 Å². The van der Waals surface area contributed by atoms with Gasteiger partial charge in [0.1, 0.15) is 0 Å². The molecule has 3 N–H and O–H groups in total. The van der Waals surface area contributed by atoms with Crippen molar-refractivity contribution in [3.05, 3.63) is 35.9 Å². The van der Waals surface area contributed by atoms with E-state index >= 15 is 0 Å². The van der Waals surface area contributed by atoms with Crippen LogP contribution in [0, 0.1) is 11.8 Å². The fourth-order valence-electron chi connectivity index (χ4n) is 3.62. The molecule has 1 saturated heterocycles. The Morgan fingerprint density at radius 1 is 1.22 bits per heavy atom. The second-order valence-electron chi connectivity index (χ2n) is 6.81. The molecule has 1 aromatic rings. The quantitative estimate of drug-likeness (QED) is 0.834. The number of halogens is 1. The minimum absolute atomic E-state index is 0.